The molecule has 0 aliphatic carbocycles. The van der Waals surface area contributed by atoms with Crippen molar-refractivity contribution in [3.8, 4) is 16.3 Å². The third kappa shape index (κ3) is 3.32. The Bertz CT molecular complexity index is 1050. The maximum atomic E-state index is 4.72. The lowest BCUT2D eigenvalue weighted by Crippen LogP contribution is -1.93. The molecule has 0 unspecified atom stereocenters. The van der Waals surface area contributed by atoms with Gasteiger partial charge in [0.1, 0.15) is 23.3 Å². The maximum Gasteiger partial charge on any atom is 0.211 e. The van der Waals surface area contributed by atoms with Gasteiger partial charge >= 0.3 is 0 Å². The van der Waals surface area contributed by atoms with E-state index in [0.29, 0.717) is 5.13 Å². The molecular formula is C20H17N5S. The Labute approximate surface area is 155 Å². The van der Waals surface area contributed by atoms with Crippen LogP contribution in [-0.4, -0.2) is 26.0 Å². The Balaban J connectivity index is 1.73. The van der Waals surface area contributed by atoms with E-state index in [1.54, 1.807) is 11.0 Å². The summed E-state index contributed by atoms with van der Waals surface area (Å²) in [5.74, 6) is 0. The Morgan fingerprint density at radius 3 is 2.62 bits per heavy atom. The lowest BCUT2D eigenvalue weighted by Gasteiger charge is -2.00. The van der Waals surface area contributed by atoms with Crippen molar-refractivity contribution in [2.45, 2.75) is 13.8 Å². The second-order valence-corrected chi connectivity index (χ2v) is 6.91. The van der Waals surface area contributed by atoms with E-state index in [1.165, 1.54) is 28.8 Å². The van der Waals surface area contributed by atoms with E-state index in [2.05, 4.69) is 47.1 Å². The van der Waals surface area contributed by atoms with Crippen molar-refractivity contribution in [2.24, 2.45) is 4.99 Å². The van der Waals surface area contributed by atoms with Crippen molar-refractivity contribution >= 4 is 22.7 Å². The Kier molecular flexibility index (Phi) is 4.41. The van der Waals surface area contributed by atoms with E-state index < -0.39 is 0 Å². The lowest BCUT2D eigenvalue weighted by molar-refractivity contribution is 0.895. The van der Waals surface area contributed by atoms with Gasteiger partial charge in [-0.2, -0.15) is 5.10 Å². The van der Waals surface area contributed by atoms with Gasteiger partial charge in [0.25, 0.3) is 0 Å². The molecule has 0 amide bonds. The molecule has 2 heterocycles. The van der Waals surface area contributed by atoms with Crippen LogP contribution in [-0.2, 0) is 0 Å². The molecule has 0 spiro atoms. The predicted octanol–water partition coefficient (Wildman–Crippen LogP) is 4.76. The number of aryl methyl sites for hydroxylation is 2. The van der Waals surface area contributed by atoms with Crippen LogP contribution in [0.1, 0.15) is 16.7 Å². The average molecular weight is 359 g/mol. The fraction of sp³-hybridized carbons (Fsp3) is 0.100. The molecule has 0 fully saturated rings. The molecule has 0 saturated carbocycles. The van der Waals surface area contributed by atoms with Crippen molar-refractivity contribution in [1.29, 1.82) is 0 Å². The molecule has 0 radical (unpaired) electrons. The van der Waals surface area contributed by atoms with Crippen LogP contribution in [0.4, 0.5) is 5.13 Å². The summed E-state index contributed by atoms with van der Waals surface area (Å²) in [6.07, 6.45) is 5.05. The topological polar surface area (TPSA) is 56.0 Å². The third-order valence-electron chi connectivity index (χ3n) is 4.13. The van der Waals surface area contributed by atoms with Crippen LogP contribution in [0.3, 0.4) is 0 Å². The molecule has 2 aromatic heterocycles. The highest BCUT2D eigenvalue weighted by Gasteiger charge is 2.15. The summed E-state index contributed by atoms with van der Waals surface area (Å²) in [5.41, 5.74) is 5.47. The number of benzene rings is 2. The highest BCUT2D eigenvalue weighted by molar-refractivity contribution is 7.18. The first-order valence-corrected chi connectivity index (χ1v) is 9.05. The summed E-state index contributed by atoms with van der Waals surface area (Å²) in [6, 6.07) is 16.4. The molecule has 128 valence electrons. The number of aromatic nitrogens is 4. The Hall–Kier alpha value is -3.12. The predicted molar refractivity (Wildman–Crippen MR) is 106 cm³/mol. The minimum absolute atomic E-state index is 0.688. The van der Waals surface area contributed by atoms with Crippen LogP contribution in [0, 0.1) is 13.8 Å². The largest absolute Gasteiger partial charge is 0.227 e. The van der Waals surface area contributed by atoms with E-state index in [1.807, 2.05) is 36.5 Å². The van der Waals surface area contributed by atoms with E-state index in [4.69, 9.17) is 4.98 Å². The smallest absolute Gasteiger partial charge is 0.211 e. The minimum Gasteiger partial charge on any atom is -0.227 e. The summed E-state index contributed by atoms with van der Waals surface area (Å²) in [4.78, 5) is 13.4. The van der Waals surface area contributed by atoms with Crippen LogP contribution < -0.4 is 0 Å². The summed E-state index contributed by atoms with van der Waals surface area (Å²) in [5, 5.41) is 5.84. The van der Waals surface area contributed by atoms with Gasteiger partial charge in [0.05, 0.1) is 0 Å². The minimum atomic E-state index is 0.688. The molecular weight excluding hydrogens is 342 g/mol. The van der Waals surface area contributed by atoms with Crippen molar-refractivity contribution in [3.63, 3.8) is 0 Å². The number of hydrogen-bond acceptors (Lipinski definition) is 5. The summed E-state index contributed by atoms with van der Waals surface area (Å²) >= 11 is 1.49. The van der Waals surface area contributed by atoms with E-state index in [0.717, 1.165) is 21.8 Å². The summed E-state index contributed by atoms with van der Waals surface area (Å²) in [6.45, 7) is 4.21. The number of nitrogens with zero attached hydrogens (tertiary/aromatic N) is 5. The first kappa shape index (κ1) is 16.4. The molecule has 0 aliphatic rings. The van der Waals surface area contributed by atoms with E-state index in [-0.39, 0.29) is 0 Å². The molecule has 6 heteroatoms. The molecule has 0 atom stereocenters. The number of thiazole rings is 1. The molecule has 26 heavy (non-hydrogen) atoms. The Morgan fingerprint density at radius 1 is 1.04 bits per heavy atom. The zero-order valence-corrected chi connectivity index (χ0v) is 15.3. The van der Waals surface area contributed by atoms with Gasteiger partial charge in [0.15, 0.2) is 0 Å². The number of rotatable bonds is 4. The van der Waals surface area contributed by atoms with Gasteiger partial charge in [-0.3, -0.25) is 0 Å². The van der Waals surface area contributed by atoms with Gasteiger partial charge in [0.2, 0.25) is 5.13 Å². The third-order valence-corrected chi connectivity index (χ3v) is 5.08. The molecule has 5 nitrogen and oxygen atoms in total. The lowest BCUT2D eigenvalue weighted by atomic mass is 10.1. The molecule has 0 saturated heterocycles. The van der Waals surface area contributed by atoms with Crippen molar-refractivity contribution < 1.29 is 0 Å². The quantitative estimate of drug-likeness (QED) is 0.494. The zero-order valence-electron chi connectivity index (χ0n) is 14.5. The normalized spacial score (nSPS) is 11.3. The van der Waals surface area contributed by atoms with E-state index in [9.17, 15) is 0 Å². The molecule has 0 aliphatic heterocycles. The van der Waals surface area contributed by atoms with E-state index >= 15 is 0 Å². The maximum absolute atomic E-state index is 4.72. The highest BCUT2D eigenvalue weighted by Crippen LogP contribution is 2.35. The van der Waals surface area contributed by atoms with Crippen molar-refractivity contribution in [1.82, 2.24) is 19.7 Å². The molecule has 0 N–H and O–H groups in total. The van der Waals surface area contributed by atoms with Gasteiger partial charge in [-0.05, 0) is 30.5 Å². The van der Waals surface area contributed by atoms with Crippen LogP contribution in [0.2, 0.25) is 0 Å². The van der Waals surface area contributed by atoms with Crippen LogP contribution in [0.5, 0.6) is 0 Å². The average Bonchev–Trinajstić information content (AvgIpc) is 3.33. The second kappa shape index (κ2) is 7.01. The zero-order chi connectivity index (χ0) is 17.9. The van der Waals surface area contributed by atoms with Gasteiger partial charge in [-0.1, -0.05) is 59.9 Å². The molecule has 4 rings (SSSR count). The SMILES string of the molecule is Cc1ccc(C=Nc2nc(-c3ccccc3)c(-n3cncn3)s2)cc1C. The highest BCUT2D eigenvalue weighted by atomic mass is 32.1. The molecule has 4 aromatic rings. The van der Waals surface area contributed by atoms with Gasteiger partial charge < -0.3 is 0 Å². The summed E-state index contributed by atoms with van der Waals surface area (Å²) in [7, 11) is 0. The van der Waals surface area contributed by atoms with Gasteiger partial charge in [0, 0.05) is 11.8 Å². The molecule has 2 aromatic carbocycles. The van der Waals surface area contributed by atoms with Crippen LogP contribution in [0.15, 0.2) is 66.2 Å². The number of hydrogen-bond donors (Lipinski definition) is 0. The number of aliphatic imine (C=N–C) groups is 1. The first-order chi connectivity index (χ1) is 12.7. The van der Waals surface area contributed by atoms with Crippen molar-refractivity contribution in [3.05, 3.63) is 77.9 Å². The van der Waals surface area contributed by atoms with Crippen LogP contribution in [0.25, 0.3) is 16.3 Å². The van der Waals surface area contributed by atoms with Crippen LogP contribution >= 0.6 is 11.3 Å². The first-order valence-electron chi connectivity index (χ1n) is 8.23. The van der Waals surface area contributed by atoms with Gasteiger partial charge in [-0.25, -0.2) is 19.6 Å². The van der Waals surface area contributed by atoms with Crippen molar-refractivity contribution in [2.75, 3.05) is 0 Å². The fourth-order valence-electron chi connectivity index (χ4n) is 2.58. The standard InChI is InChI=1S/C20H17N5S/c1-14-8-9-16(10-15(14)2)11-22-20-24-18(17-6-4-3-5-7-17)19(26-20)25-13-21-12-23-25/h3-13H,1-2H3. The second-order valence-electron chi connectivity index (χ2n) is 5.96. The summed E-state index contributed by atoms with van der Waals surface area (Å²) < 4.78 is 1.73. The fourth-order valence-corrected chi connectivity index (χ4v) is 3.45. The Morgan fingerprint density at radius 2 is 1.88 bits per heavy atom. The molecule has 0 bridgehead atoms. The van der Waals surface area contributed by atoms with Gasteiger partial charge in [-0.15, -0.1) is 0 Å². The monoisotopic (exact) mass is 359 g/mol.